The molecule has 37 heavy (non-hydrogen) atoms. The zero-order valence-electron chi connectivity index (χ0n) is 22.4. The zero-order valence-corrected chi connectivity index (χ0v) is 23.2. The summed E-state index contributed by atoms with van der Waals surface area (Å²) in [5, 5.41) is 7.63. The van der Waals surface area contributed by atoms with Crippen LogP contribution in [0, 0.1) is 0 Å². The van der Waals surface area contributed by atoms with Gasteiger partial charge in [-0.2, -0.15) is 0 Å². The third kappa shape index (κ3) is 7.86. The average Bonchev–Trinajstić information content (AvgIpc) is 3.29. The molecule has 0 bridgehead atoms. The molecular formula is C30H38ClN3O3. The Balaban J connectivity index is 0.000000329. The third-order valence-electron chi connectivity index (χ3n) is 5.91. The molecule has 7 heteroatoms. The molecule has 1 fully saturated rings. The zero-order chi connectivity index (χ0) is 27.0. The number of nitrogens with two attached hydrogens (primary N) is 1. The van der Waals surface area contributed by atoms with Gasteiger partial charge in [-0.05, 0) is 63.3 Å². The van der Waals surface area contributed by atoms with Crippen LogP contribution in [0.1, 0.15) is 66.7 Å². The molecule has 1 aliphatic carbocycles. The van der Waals surface area contributed by atoms with E-state index in [0.717, 1.165) is 43.8 Å². The van der Waals surface area contributed by atoms with Crippen molar-refractivity contribution in [2.75, 3.05) is 5.32 Å². The van der Waals surface area contributed by atoms with Crippen LogP contribution in [0.2, 0.25) is 5.02 Å². The fraction of sp³-hybridized carbons (Fsp3) is 0.400. The number of carbonyl (C=O) groups is 1. The number of fused-ring (bicyclic) bond motifs is 2. The summed E-state index contributed by atoms with van der Waals surface area (Å²) in [6.45, 7) is 9.28. The Morgan fingerprint density at radius 2 is 1.76 bits per heavy atom. The lowest BCUT2D eigenvalue weighted by molar-refractivity contribution is 0.0600. The number of pyridine rings is 1. The number of aromatic nitrogens is 1. The van der Waals surface area contributed by atoms with Crippen LogP contribution in [-0.2, 0) is 4.74 Å². The number of ether oxygens (including phenoxy) is 1. The Morgan fingerprint density at radius 1 is 1.05 bits per heavy atom. The number of para-hydroxylation sites is 1. The molecule has 1 amide bonds. The van der Waals surface area contributed by atoms with Crippen molar-refractivity contribution in [3.63, 3.8) is 0 Å². The monoisotopic (exact) mass is 523 g/mol. The van der Waals surface area contributed by atoms with E-state index < -0.39 is 11.7 Å². The molecule has 5 rings (SSSR count). The van der Waals surface area contributed by atoms with E-state index in [1.807, 2.05) is 50.5 Å². The van der Waals surface area contributed by atoms with Gasteiger partial charge in [-0.3, -0.25) is 4.98 Å². The van der Waals surface area contributed by atoms with Crippen molar-refractivity contribution in [1.29, 1.82) is 0 Å². The number of primary amides is 1. The number of hydrogen-bond donors (Lipinski definition) is 2. The first-order valence-electron chi connectivity index (χ1n) is 13.0. The number of halogens is 1. The van der Waals surface area contributed by atoms with Crippen molar-refractivity contribution in [1.82, 2.24) is 4.98 Å². The van der Waals surface area contributed by atoms with Gasteiger partial charge in [-0.25, -0.2) is 4.79 Å². The van der Waals surface area contributed by atoms with Crippen molar-refractivity contribution in [2.24, 2.45) is 5.73 Å². The largest absolute Gasteiger partial charge is 0.456 e. The first kappa shape index (κ1) is 28.3. The van der Waals surface area contributed by atoms with Crippen LogP contribution in [0.4, 0.5) is 10.5 Å². The van der Waals surface area contributed by atoms with E-state index in [1.165, 1.54) is 32.1 Å². The van der Waals surface area contributed by atoms with Gasteiger partial charge in [0.05, 0.1) is 10.7 Å². The van der Waals surface area contributed by atoms with Gasteiger partial charge in [-0.1, -0.05) is 62.9 Å². The lowest BCUT2D eigenvalue weighted by atomic mass is 9.95. The molecule has 0 atom stereocenters. The first-order chi connectivity index (χ1) is 17.7. The third-order valence-corrected chi connectivity index (χ3v) is 6.22. The summed E-state index contributed by atoms with van der Waals surface area (Å²) in [6, 6.07) is 14.8. The van der Waals surface area contributed by atoms with Crippen LogP contribution in [0.3, 0.4) is 0 Å². The number of nitrogens with zero attached hydrogens (tertiary/aromatic N) is 1. The van der Waals surface area contributed by atoms with Gasteiger partial charge >= 0.3 is 6.09 Å². The number of anilines is 1. The van der Waals surface area contributed by atoms with Gasteiger partial charge in [0.15, 0.2) is 0 Å². The second-order valence-electron chi connectivity index (χ2n) is 9.90. The normalized spacial score (nSPS) is 13.8. The fourth-order valence-corrected chi connectivity index (χ4v) is 4.61. The van der Waals surface area contributed by atoms with Crippen LogP contribution in [0.5, 0.6) is 0 Å². The minimum Gasteiger partial charge on any atom is -0.456 e. The average molecular weight is 524 g/mol. The highest BCUT2D eigenvalue weighted by molar-refractivity contribution is 6.34. The van der Waals surface area contributed by atoms with Gasteiger partial charge in [0.2, 0.25) is 0 Å². The Kier molecular flexibility index (Phi) is 9.81. The highest BCUT2D eigenvalue weighted by Crippen LogP contribution is 2.37. The van der Waals surface area contributed by atoms with E-state index in [1.54, 1.807) is 20.8 Å². The van der Waals surface area contributed by atoms with E-state index in [-0.39, 0.29) is 0 Å². The standard InChI is InChI=1S/C23H21ClN2O.C5H11NO2.C2H6/c24-20-10-16-13-25-14-19(23-11-15-6-4-5-9-22(15)27-23)18(16)12-21(20)26-17-7-2-1-3-8-17;1-5(2,3)8-4(6)7;1-2/h4-6,9-14,17,26H,1-3,7-8H2;1-3H3,(H2,6,7);1-2H3. The smallest absolute Gasteiger partial charge is 0.405 e. The van der Waals surface area contributed by atoms with Crippen LogP contribution in [0.15, 0.2) is 59.3 Å². The quantitative estimate of drug-likeness (QED) is 0.279. The molecule has 4 aromatic rings. The summed E-state index contributed by atoms with van der Waals surface area (Å²) in [5.41, 5.74) is 7.15. The van der Waals surface area contributed by atoms with E-state index in [0.29, 0.717) is 6.04 Å². The maximum absolute atomic E-state index is 10.0. The van der Waals surface area contributed by atoms with Crippen molar-refractivity contribution in [2.45, 2.75) is 78.4 Å². The van der Waals surface area contributed by atoms with Gasteiger partial charge in [-0.15, -0.1) is 0 Å². The molecule has 6 nitrogen and oxygen atoms in total. The molecular weight excluding hydrogens is 486 g/mol. The number of carbonyl (C=O) groups excluding carboxylic acids is 1. The topological polar surface area (TPSA) is 90.4 Å². The Labute approximate surface area is 224 Å². The minimum absolute atomic E-state index is 0.453. The summed E-state index contributed by atoms with van der Waals surface area (Å²) in [7, 11) is 0. The molecule has 3 N–H and O–H groups in total. The van der Waals surface area contributed by atoms with Gasteiger partial charge in [0, 0.05) is 34.8 Å². The van der Waals surface area contributed by atoms with Gasteiger partial charge < -0.3 is 20.2 Å². The number of hydrogen-bond acceptors (Lipinski definition) is 5. The molecule has 198 valence electrons. The van der Waals surface area contributed by atoms with Crippen LogP contribution < -0.4 is 11.1 Å². The van der Waals surface area contributed by atoms with Crippen molar-refractivity contribution in [3.05, 3.63) is 59.9 Å². The highest BCUT2D eigenvalue weighted by Gasteiger charge is 2.17. The molecule has 2 heterocycles. The van der Waals surface area contributed by atoms with Gasteiger partial charge in [0.1, 0.15) is 16.9 Å². The summed E-state index contributed by atoms with van der Waals surface area (Å²) >= 11 is 6.57. The second-order valence-corrected chi connectivity index (χ2v) is 10.3. The summed E-state index contributed by atoms with van der Waals surface area (Å²) in [6.07, 6.45) is 9.34. The molecule has 0 aliphatic heterocycles. The van der Waals surface area contributed by atoms with Gasteiger partial charge in [0.25, 0.3) is 0 Å². The number of rotatable bonds is 3. The minimum atomic E-state index is -0.725. The lowest BCUT2D eigenvalue weighted by Gasteiger charge is -2.24. The summed E-state index contributed by atoms with van der Waals surface area (Å²) in [4.78, 5) is 14.4. The molecule has 0 unspecified atom stereocenters. The summed E-state index contributed by atoms with van der Waals surface area (Å²) in [5.74, 6) is 0.834. The van der Waals surface area contributed by atoms with E-state index in [9.17, 15) is 4.79 Å². The molecule has 1 saturated carbocycles. The van der Waals surface area contributed by atoms with Crippen LogP contribution in [-0.4, -0.2) is 22.7 Å². The highest BCUT2D eigenvalue weighted by atomic mass is 35.5. The number of nitrogens with one attached hydrogen (secondary N) is 1. The molecule has 2 aromatic heterocycles. The predicted octanol–water partition coefficient (Wildman–Crippen LogP) is 8.95. The lowest BCUT2D eigenvalue weighted by Crippen LogP contribution is -2.27. The number of furan rings is 1. The van der Waals surface area contributed by atoms with E-state index >= 15 is 0 Å². The van der Waals surface area contributed by atoms with Crippen LogP contribution >= 0.6 is 11.6 Å². The SMILES string of the molecule is CC.CC(C)(C)OC(N)=O.Clc1cc2cncc(-c3cc4ccccc4o3)c2cc1NC1CCCCC1. The molecule has 0 spiro atoms. The van der Waals surface area contributed by atoms with Crippen LogP contribution in [0.25, 0.3) is 33.1 Å². The Bertz CT molecular complexity index is 1290. The van der Waals surface area contributed by atoms with Crippen molar-refractivity contribution in [3.8, 4) is 11.3 Å². The molecule has 1 aliphatic rings. The maximum Gasteiger partial charge on any atom is 0.405 e. The number of amides is 1. The number of benzene rings is 2. The Hall–Kier alpha value is -3.25. The fourth-order valence-electron chi connectivity index (χ4n) is 4.38. The molecule has 0 saturated heterocycles. The van der Waals surface area contributed by atoms with Crippen molar-refractivity contribution >= 4 is 45.1 Å². The van der Waals surface area contributed by atoms with Crippen molar-refractivity contribution < 1.29 is 13.9 Å². The first-order valence-corrected chi connectivity index (χ1v) is 13.4. The molecule has 2 aromatic carbocycles. The Morgan fingerprint density at radius 3 is 2.38 bits per heavy atom. The predicted molar refractivity (Wildman–Crippen MR) is 154 cm³/mol. The van der Waals surface area contributed by atoms with E-state index in [4.69, 9.17) is 21.8 Å². The van der Waals surface area contributed by atoms with E-state index in [2.05, 4.69) is 33.2 Å². The second kappa shape index (κ2) is 12.8. The molecule has 0 radical (unpaired) electrons. The maximum atomic E-state index is 10.0. The summed E-state index contributed by atoms with van der Waals surface area (Å²) < 4.78 is 10.7.